The summed E-state index contributed by atoms with van der Waals surface area (Å²) in [5.74, 6) is 0.603. The van der Waals surface area contributed by atoms with E-state index in [1.54, 1.807) is 7.11 Å². The van der Waals surface area contributed by atoms with Gasteiger partial charge in [0.05, 0.1) is 18.8 Å². The Kier molecular flexibility index (Phi) is 5.40. The van der Waals surface area contributed by atoms with E-state index in [1.165, 1.54) is 12.8 Å². The summed E-state index contributed by atoms with van der Waals surface area (Å²) in [7, 11) is 1.57. The largest absolute Gasteiger partial charge is 0.495 e. The molecular formula is C16H22N2O2. The van der Waals surface area contributed by atoms with Crippen molar-refractivity contribution in [1.82, 2.24) is 5.32 Å². The zero-order chi connectivity index (χ0) is 14.4. The maximum absolute atomic E-state index is 10.1. The Morgan fingerprint density at radius 3 is 2.90 bits per heavy atom. The Balaban J connectivity index is 1.98. The summed E-state index contributed by atoms with van der Waals surface area (Å²) < 4.78 is 5.14. The molecule has 4 heteroatoms. The van der Waals surface area contributed by atoms with E-state index < -0.39 is 0 Å². The van der Waals surface area contributed by atoms with E-state index in [0.717, 1.165) is 24.8 Å². The fourth-order valence-corrected chi connectivity index (χ4v) is 2.73. The number of nitrogens with zero attached hydrogens (tertiary/aromatic N) is 1. The molecule has 1 aliphatic carbocycles. The van der Waals surface area contributed by atoms with Crippen LogP contribution in [-0.4, -0.2) is 24.4 Å². The van der Waals surface area contributed by atoms with Crippen LogP contribution in [0.5, 0.6) is 5.75 Å². The summed E-state index contributed by atoms with van der Waals surface area (Å²) in [4.78, 5) is 0. The van der Waals surface area contributed by atoms with Gasteiger partial charge in [-0.05, 0) is 30.5 Å². The summed E-state index contributed by atoms with van der Waals surface area (Å²) in [5, 5.41) is 22.6. The molecule has 0 aromatic heterocycles. The van der Waals surface area contributed by atoms with Gasteiger partial charge in [-0.1, -0.05) is 25.3 Å². The van der Waals surface area contributed by atoms with Crippen LogP contribution >= 0.6 is 0 Å². The monoisotopic (exact) mass is 274 g/mol. The van der Waals surface area contributed by atoms with Gasteiger partial charge in [0.15, 0.2) is 0 Å². The van der Waals surface area contributed by atoms with Crippen molar-refractivity contribution in [2.75, 3.05) is 7.11 Å². The van der Waals surface area contributed by atoms with Crippen molar-refractivity contribution >= 4 is 0 Å². The van der Waals surface area contributed by atoms with Crippen LogP contribution in [0.1, 0.15) is 43.2 Å². The normalized spacial score (nSPS) is 22.9. The second-order valence-electron chi connectivity index (χ2n) is 5.34. The smallest absolute Gasteiger partial charge is 0.136 e. The SMILES string of the molecule is COc1ccc(CNC2CCCCCC2O)cc1C#N. The number of benzene rings is 1. The van der Waals surface area contributed by atoms with Crippen molar-refractivity contribution in [3.05, 3.63) is 29.3 Å². The highest BCUT2D eigenvalue weighted by Crippen LogP contribution is 2.21. The number of hydrogen-bond donors (Lipinski definition) is 2. The highest BCUT2D eigenvalue weighted by molar-refractivity contribution is 5.45. The summed E-state index contributed by atoms with van der Waals surface area (Å²) >= 11 is 0. The van der Waals surface area contributed by atoms with Gasteiger partial charge in [-0.25, -0.2) is 0 Å². The van der Waals surface area contributed by atoms with E-state index in [0.29, 0.717) is 17.9 Å². The molecule has 1 fully saturated rings. The first-order chi connectivity index (χ1) is 9.74. The Labute approximate surface area is 120 Å². The van der Waals surface area contributed by atoms with E-state index >= 15 is 0 Å². The molecule has 4 nitrogen and oxygen atoms in total. The third-order valence-corrected chi connectivity index (χ3v) is 3.93. The highest BCUT2D eigenvalue weighted by atomic mass is 16.5. The van der Waals surface area contributed by atoms with Crippen molar-refractivity contribution in [2.45, 2.75) is 50.8 Å². The lowest BCUT2D eigenvalue weighted by molar-refractivity contribution is 0.119. The van der Waals surface area contributed by atoms with Gasteiger partial charge in [0, 0.05) is 12.6 Å². The van der Waals surface area contributed by atoms with Crippen LogP contribution in [0.3, 0.4) is 0 Å². The molecule has 0 amide bonds. The Hall–Kier alpha value is -1.57. The summed E-state index contributed by atoms with van der Waals surface area (Å²) in [5.41, 5.74) is 1.59. The maximum atomic E-state index is 10.1. The summed E-state index contributed by atoms with van der Waals surface area (Å²) in [6.07, 6.45) is 5.12. The number of nitrogens with one attached hydrogen (secondary N) is 1. The van der Waals surface area contributed by atoms with Gasteiger partial charge >= 0.3 is 0 Å². The zero-order valence-corrected chi connectivity index (χ0v) is 11.9. The molecule has 2 rings (SSSR count). The van der Waals surface area contributed by atoms with Crippen LogP contribution in [0.2, 0.25) is 0 Å². The lowest BCUT2D eigenvalue weighted by Crippen LogP contribution is -2.38. The lowest BCUT2D eigenvalue weighted by Gasteiger charge is -2.22. The van der Waals surface area contributed by atoms with Crippen molar-refractivity contribution in [2.24, 2.45) is 0 Å². The number of hydrogen-bond acceptors (Lipinski definition) is 4. The quantitative estimate of drug-likeness (QED) is 0.827. The minimum absolute atomic E-state index is 0.158. The molecule has 2 unspecified atom stereocenters. The first kappa shape index (κ1) is 14.8. The summed E-state index contributed by atoms with van der Waals surface area (Å²) in [6.45, 7) is 0.667. The van der Waals surface area contributed by atoms with Gasteiger partial charge in [-0.15, -0.1) is 0 Å². The fourth-order valence-electron chi connectivity index (χ4n) is 2.73. The van der Waals surface area contributed by atoms with E-state index in [-0.39, 0.29) is 12.1 Å². The van der Waals surface area contributed by atoms with Gasteiger partial charge in [-0.3, -0.25) is 0 Å². The molecule has 1 aromatic carbocycles. The predicted molar refractivity (Wildman–Crippen MR) is 77.4 cm³/mol. The van der Waals surface area contributed by atoms with Crippen LogP contribution in [0.4, 0.5) is 0 Å². The van der Waals surface area contributed by atoms with Gasteiger partial charge in [-0.2, -0.15) is 5.26 Å². The number of aliphatic hydroxyl groups excluding tert-OH is 1. The average Bonchev–Trinajstić information content (AvgIpc) is 2.69. The Morgan fingerprint density at radius 2 is 2.15 bits per heavy atom. The van der Waals surface area contributed by atoms with Crippen LogP contribution in [-0.2, 0) is 6.54 Å². The fraction of sp³-hybridized carbons (Fsp3) is 0.562. The number of nitriles is 1. The van der Waals surface area contributed by atoms with Gasteiger partial charge in [0.2, 0.25) is 0 Å². The van der Waals surface area contributed by atoms with Gasteiger partial charge in [0.25, 0.3) is 0 Å². The zero-order valence-electron chi connectivity index (χ0n) is 11.9. The van der Waals surface area contributed by atoms with E-state index in [1.807, 2.05) is 18.2 Å². The van der Waals surface area contributed by atoms with Gasteiger partial charge in [0.1, 0.15) is 11.8 Å². The molecule has 0 radical (unpaired) electrons. The van der Waals surface area contributed by atoms with Crippen LogP contribution in [0, 0.1) is 11.3 Å². The molecule has 0 saturated heterocycles. The molecule has 0 aliphatic heterocycles. The molecule has 1 saturated carbocycles. The molecule has 2 atom stereocenters. The van der Waals surface area contributed by atoms with E-state index in [4.69, 9.17) is 10.00 Å². The third kappa shape index (κ3) is 3.72. The number of ether oxygens (including phenoxy) is 1. The van der Waals surface area contributed by atoms with Crippen molar-refractivity contribution in [3.8, 4) is 11.8 Å². The van der Waals surface area contributed by atoms with Crippen LogP contribution < -0.4 is 10.1 Å². The van der Waals surface area contributed by atoms with Gasteiger partial charge < -0.3 is 15.2 Å². The molecule has 1 aliphatic rings. The maximum Gasteiger partial charge on any atom is 0.136 e. The first-order valence-electron chi connectivity index (χ1n) is 7.23. The van der Waals surface area contributed by atoms with Crippen LogP contribution in [0.15, 0.2) is 18.2 Å². The molecular weight excluding hydrogens is 252 g/mol. The van der Waals surface area contributed by atoms with Crippen molar-refractivity contribution in [3.63, 3.8) is 0 Å². The summed E-state index contributed by atoms with van der Waals surface area (Å²) in [6, 6.07) is 7.91. The number of methoxy groups -OCH3 is 1. The topological polar surface area (TPSA) is 65.3 Å². The molecule has 20 heavy (non-hydrogen) atoms. The second kappa shape index (κ2) is 7.28. The Morgan fingerprint density at radius 1 is 1.35 bits per heavy atom. The third-order valence-electron chi connectivity index (χ3n) is 3.93. The van der Waals surface area contributed by atoms with E-state index in [2.05, 4.69) is 11.4 Å². The van der Waals surface area contributed by atoms with Crippen molar-refractivity contribution < 1.29 is 9.84 Å². The first-order valence-corrected chi connectivity index (χ1v) is 7.23. The molecule has 1 aromatic rings. The molecule has 0 bridgehead atoms. The molecule has 2 N–H and O–H groups in total. The standard InChI is InChI=1S/C16H22N2O2/c1-20-16-8-7-12(9-13(16)10-17)11-18-14-5-3-2-4-6-15(14)19/h7-9,14-15,18-19H,2-6,11H2,1H3. The molecule has 0 heterocycles. The highest BCUT2D eigenvalue weighted by Gasteiger charge is 2.20. The van der Waals surface area contributed by atoms with Crippen molar-refractivity contribution in [1.29, 1.82) is 5.26 Å². The minimum atomic E-state index is -0.258. The number of aliphatic hydroxyl groups is 1. The second-order valence-corrected chi connectivity index (χ2v) is 5.34. The predicted octanol–water partition coefficient (Wildman–Crippen LogP) is 2.35. The van der Waals surface area contributed by atoms with E-state index in [9.17, 15) is 5.11 Å². The molecule has 0 spiro atoms. The van der Waals surface area contributed by atoms with Crippen LogP contribution in [0.25, 0.3) is 0 Å². The Bertz CT molecular complexity index is 482. The minimum Gasteiger partial charge on any atom is -0.495 e. The lowest BCUT2D eigenvalue weighted by atomic mass is 10.0. The molecule has 108 valence electrons. The average molecular weight is 274 g/mol. The number of rotatable bonds is 4.